The highest BCUT2D eigenvalue weighted by Gasteiger charge is 2.27. The molecule has 1 atom stereocenters. The number of carbonyl (C=O) groups excluding carboxylic acids is 1. The Hall–Kier alpha value is -4.51. The lowest BCUT2D eigenvalue weighted by Gasteiger charge is -2.16. The summed E-state index contributed by atoms with van der Waals surface area (Å²) in [5.74, 6) is 0.833. The summed E-state index contributed by atoms with van der Waals surface area (Å²) in [6.45, 7) is 6.31. The maximum atomic E-state index is 12.5. The number of carbonyl (C=O) groups is 1. The number of hydrogen-bond acceptors (Lipinski definition) is 9. The Morgan fingerprint density at radius 2 is 1.80 bits per heavy atom. The van der Waals surface area contributed by atoms with Gasteiger partial charge in [0.2, 0.25) is 0 Å². The van der Waals surface area contributed by atoms with E-state index in [0.29, 0.717) is 31.4 Å². The van der Waals surface area contributed by atoms with Crippen LogP contribution in [0.1, 0.15) is 36.2 Å². The Bertz CT molecular complexity index is 1840. The predicted molar refractivity (Wildman–Crippen MR) is 179 cm³/mol. The van der Waals surface area contributed by atoms with Gasteiger partial charge in [0.25, 0.3) is 0 Å². The van der Waals surface area contributed by atoms with Crippen molar-refractivity contribution in [3.05, 3.63) is 83.7 Å². The average Bonchev–Trinajstić information content (AvgIpc) is 3.68. The number of nitrogens with zero attached hydrogens (tertiary/aromatic N) is 4. The molecule has 1 saturated heterocycles. The number of benzene rings is 3. The Morgan fingerprint density at radius 1 is 0.978 bits per heavy atom. The van der Waals surface area contributed by atoms with Gasteiger partial charge in [-0.15, -0.1) is 0 Å². The summed E-state index contributed by atoms with van der Waals surface area (Å²) in [7, 11) is 3.39. The van der Waals surface area contributed by atoms with E-state index in [1.165, 1.54) is 0 Å². The van der Waals surface area contributed by atoms with Crippen LogP contribution in [0.2, 0.25) is 0 Å². The minimum Gasteiger partial charge on any atom is -0.487 e. The summed E-state index contributed by atoms with van der Waals surface area (Å²) in [6.07, 6.45) is 2.84. The van der Waals surface area contributed by atoms with Crippen molar-refractivity contribution in [2.24, 2.45) is 0 Å². The Morgan fingerprint density at radius 3 is 2.61 bits per heavy atom. The van der Waals surface area contributed by atoms with Crippen LogP contribution in [-0.2, 0) is 38.6 Å². The van der Waals surface area contributed by atoms with Crippen molar-refractivity contribution in [1.82, 2.24) is 19.7 Å². The maximum absolute atomic E-state index is 12.5. The highest BCUT2D eigenvalue weighted by molar-refractivity contribution is 5.95. The van der Waals surface area contributed by atoms with E-state index in [1.54, 1.807) is 27.3 Å². The second-order valence-electron chi connectivity index (χ2n) is 11.6. The van der Waals surface area contributed by atoms with Crippen molar-refractivity contribution in [3.8, 4) is 16.9 Å². The van der Waals surface area contributed by atoms with E-state index in [9.17, 15) is 4.79 Å². The molecule has 240 valence electrons. The van der Waals surface area contributed by atoms with Gasteiger partial charge in [0.15, 0.2) is 0 Å². The van der Waals surface area contributed by atoms with E-state index in [1.807, 2.05) is 24.3 Å². The van der Waals surface area contributed by atoms with Crippen LogP contribution in [0.15, 0.2) is 66.9 Å². The van der Waals surface area contributed by atoms with Gasteiger partial charge in [-0.05, 0) is 71.8 Å². The van der Waals surface area contributed by atoms with Crippen molar-refractivity contribution < 1.29 is 23.7 Å². The summed E-state index contributed by atoms with van der Waals surface area (Å²) < 4.78 is 24.5. The minimum absolute atomic E-state index is 0.111. The van der Waals surface area contributed by atoms with Gasteiger partial charge in [0.05, 0.1) is 37.8 Å². The van der Waals surface area contributed by atoms with Crippen LogP contribution in [-0.4, -0.2) is 72.7 Å². The summed E-state index contributed by atoms with van der Waals surface area (Å²) >= 11 is 0. The molecule has 1 aliphatic heterocycles. The van der Waals surface area contributed by atoms with E-state index < -0.39 is 0 Å². The van der Waals surface area contributed by atoms with Gasteiger partial charge in [0, 0.05) is 56.4 Å². The molecular weight excluding hydrogens is 582 g/mol. The molecule has 46 heavy (non-hydrogen) atoms. The van der Waals surface area contributed by atoms with E-state index in [0.717, 1.165) is 75.7 Å². The van der Waals surface area contributed by atoms with Crippen LogP contribution < -0.4 is 10.5 Å². The summed E-state index contributed by atoms with van der Waals surface area (Å²) in [5.41, 5.74) is 11.9. The number of methoxy groups -OCH3 is 2. The number of esters is 1. The SMILES string of the molecule is CCOC(=O)Cc1cc(COC)ccc1OCc1nn(C2CCN(CCOC)C2)c2ccc(-c3ccc4ccnc(N)c4c3)cc12. The fraction of sp³-hybridized carbons (Fsp3) is 0.361. The smallest absolute Gasteiger partial charge is 0.310 e. The third-order valence-corrected chi connectivity index (χ3v) is 8.56. The Kier molecular flexibility index (Phi) is 9.77. The zero-order valence-electron chi connectivity index (χ0n) is 26.7. The van der Waals surface area contributed by atoms with Crippen molar-refractivity contribution in [2.75, 3.05) is 52.8 Å². The molecule has 0 spiro atoms. The fourth-order valence-electron chi connectivity index (χ4n) is 6.26. The first-order valence-electron chi connectivity index (χ1n) is 15.7. The molecule has 0 aliphatic carbocycles. The number of likely N-dealkylation sites (tertiary alicyclic amines) is 1. The van der Waals surface area contributed by atoms with Gasteiger partial charge in [-0.3, -0.25) is 14.4 Å². The first-order chi connectivity index (χ1) is 22.5. The van der Waals surface area contributed by atoms with Gasteiger partial charge in [-0.1, -0.05) is 24.3 Å². The molecule has 5 aromatic rings. The highest BCUT2D eigenvalue weighted by atomic mass is 16.5. The molecule has 1 unspecified atom stereocenters. The summed E-state index contributed by atoms with van der Waals surface area (Å²) in [6, 6.07) is 20.7. The largest absolute Gasteiger partial charge is 0.487 e. The summed E-state index contributed by atoms with van der Waals surface area (Å²) in [4.78, 5) is 19.2. The molecular formula is C36H41N5O5. The average molecular weight is 624 g/mol. The fourth-order valence-corrected chi connectivity index (χ4v) is 6.26. The van der Waals surface area contributed by atoms with Crippen molar-refractivity contribution in [2.45, 2.75) is 39.0 Å². The molecule has 10 heteroatoms. The van der Waals surface area contributed by atoms with Crippen molar-refractivity contribution in [1.29, 1.82) is 0 Å². The van der Waals surface area contributed by atoms with Crippen LogP contribution in [0, 0.1) is 0 Å². The van der Waals surface area contributed by atoms with E-state index in [2.05, 4.69) is 51.0 Å². The number of fused-ring (bicyclic) bond motifs is 2. The normalized spacial score (nSPS) is 15.2. The van der Waals surface area contributed by atoms with E-state index in [-0.39, 0.29) is 25.0 Å². The number of anilines is 1. The molecule has 0 amide bonds. The monoisotopic (exact) mass is 623 g/mol. The van der Waals surface area contributed by atoms with Crippen LogP contribution in [0.25, 0.3) is 32.8 Å². The van der Waals surface area contributed by atoms with Gasteiger partial charge in [-0.2, -0.15) is 5.10 Å². The molecule has 3 heterocycles. The number of hydrogen-bond donors (Lipinski definition) is 1. The standard InChI is InChI=1S/C36H41N5O5/c1-4-45-35(42)20-28-17-24(22-44-3)5-10-34(28)46-23-32-31-19-27(26-7-6-25-11-13-38-36(37)30(25)18-26)8-9-33(31)41(39-32)29-12-14-40(21-29)15-16-43-2/h5-11,13,17-19,29H,4,12,14-16,20-23H2,1-3H3,(H2,37,38). The lowest BCUT2D eigenvalue weighted by atomic mass is 10.00. The first kappa shape index (κ1) is 31.5. The number of aromatic nitrogens is 3. The molecule has 6 rings (SSSR count). The molecule has 1 fully saturated rings. The van der Waals surface area contributed by atoms with Gasteiger partial charge >= 0.3 is 5.97 Å². The quantitative estimate of drug-likeness (QED) is 0.169. The molecule has 1 aliphatic rings. The molecule has 2 N–H and O–H groups in total. The lowest BCUT2D eigenvalue weighted by molar-refractivity contribution is -0.142. The molecule has 2 aromatic heterocycles. The molecule has 0 bridgehead atoms. The van der Waals surface area contributed by atoms with E-state index in [4.69, 9.17) is 29.8 Å². The highest BCUT2D eigenvalue weighted by Crippen LogP contribution is 2.34. The maximum Gasteiger partial charge on any atom is 0.310 e. The van der Waals surface area contributed by atoms with Crippen LogP contribution >= 0.6 is 0 Å². The third-order valence-electron chi connectivity index (χ3n) is 8.56. The molecule has 3 aromatic carbocycles. The van der Waals surface area contributed by atoms with Crippen LogP contribution in [0.5, 0.6) is 5.75 Å². The zero-order valence-corrected chi connectivity index (χ0v) is 26.7. The number of rotatable bonds is 13. The number of ether oxygens (including phenoxy) is 4. The number of nitrogens with two attached hydrogens (primary N) is 1. The number of nitrogen functional groups attached to an aromatic ring is 1. The third kappa shape index (κ3) is 6.84. The summed E-state index contributed by atoms with van der Waals surface area (Å²) in [5, 5.41) is 8.16. The molecule has 10 nitrogen and oxygen atoms in total. The van der Waals surface area contributed by atoms with Crippen molar-refractivity contribution >= 4 is 33.5 Å². The second-order valence-corrected chi connectivity index (χ2v) is 11.6. The van der Waals surface area contributed by atoms with Crippen LogP contribution in [0.3, 0.4) is 0 Å². The Labute approximate surface area is 269 Å². The minimum atomic E-state index is -0.299. The Balaban J connectivity index is 1.36. The topological polar surface area (TPSA) is 114 Å². The van der Waals surface area contributed by atoms with Gasteiger partial charge in [0.1, 0.15) is 23.9 Å². The van der Waals surface area contributed by atoms with Crippen molar-refractivity contribution in [3.63, 3.8) is 0 Å². The first-order valence-corrected chi connectivity index (χ1v) is 15.7. The molecule has 0 saturated carbocycles. The van der Waals surface area contributed by atoms with Gasteiger partial charge < -0.3 is 24.7 Å². The second kappa shape index (κ2) is 14.3. The van der Waals surface area contributed by atoms with E-state index >= 15 is 0 Å². The van der Waals surface area contributed by atoms with Crippen LogP contribution in [0.4, 0.5) is 5.82 Å². The molecule has 0 radical (unpaired) electrons. The lowest BCUT2D eigenvalue weighted by Crippen LogP contribution is -2.25. The predicted octanol–water partition coefficient (Wildman–Crippen LogP) is 5.56. The van der Waals surface area contributed by atoms with Gasteiger partial charge in [-0.25, -0.2) is 4.98 Å². The zero-order chi connectivity index (χ0) is 32.0. The number of pyridine rings is 1.